The second-order valence-corrected chi connectivity index (χ2v) is 6.65. The van der Waals surface area contributed by atoms with Gasteiger partial charge in [-0.2, -0.15) is 0 Å². The second kappa shape index (κ2) is 9.06. The molecule has 3 rings (SSSR count). The minimum absolute atomic E-state index is 0.207. The van der Waals surface area contributed by atoms with Crippen LogP contribution in [-0.2, 0) is 6.42 Å². The lowest BCUT2D eigenvalue weighted by Gasteiger charge is -2.28. The van der Waals surface area contributed by atoms with E-state index in [0.717, 1.165) is 50.7 Å². The Balaban J connectivity index is 1.72. The van der Waals surface area contributed by atoms with E-state index in [2.05, 4.69) is 60.5 Å². The Labute approximate surface area is 157 Å². The van der Waals surface area contributed by atoms with Crippen molar-refractivity contribution in [3.8, 4) is 11.5 Å². The summed E-state index contributed by atoms with van der Waals surface area (Å²) in [6, 6.07) is 15.0. The first kappa shape index (κ1) is 18.7. The maximum absolute atomic E-state index is 6.00. The summed E-state index contributed by atoms with van der Waals surface area (Å²) in [6.07, 6.45) is 1.03. The van der Waals surface area contributed by atoms with E-state index in [1.807, 2.05) is 6.07 Å². The maximum atomic E-state index is 6.00. The lowest BCUT2D eigenvalue weighted by atomic mass is 9.89. The third-order valence-corrected chi connectivity index (χ3v) is 5.17. The summed E-state index contributed by atoms with van der Waals surface area (Å²) in [5.41, 5.74) is 3.94. The van der Waals surface area contributed by atoms with Crippen molar-refractivity contribution in [2.24, 2.45) is 0 Å². The lowest BCUT2D eigenvalue weighted by molar-refractivity contribution is 0.222. The number of ether oxygens (including phenoxy) is 2. The lowest BCUT2D eigenvalue weighted by Crippen LogP contribution is -2.30. The van der Waals surface area contributed by atoms with Gasteiger partial charge in [0.25, 0.3) is 0 Å². The molecule has 1 N–H and O–H groups in total. The average Bonchev–Trinajstić information content (AvgIpc) is 2.70. The van der Waals surface area contributed by atoms with Gasteiger partial charge in [-0.3, -0.25) is 0 Å². The molecular weight excluding hydrogens is 324 g/mol. The van der Waals surface area contributed by atoms with Gasteiger partial charge in [-0.05, 0) is 60.5 Å². The van der Waals surface area contributed by atoms with Crippen LogP contribution in [0.3, 0.4) is 0 Å². The van der Waals surface area contributed by atoms with Gasteiger partial charge in [0.05, 0.1) is 13.2 Å². The van der Waals surface area contributed by atoms with Gasteiger partial charge in [0.1, 0.15) is 18.1 Å². The quantitative estimate of drug-likeness (QED) is 0.785. The molecule has 0 saturated heterocycles. The van der Waals surface area contributed by atoms with Crippen LogP contribution in [0.15, 0.2) is 42.5 Å². The Morgan fingerprint density at radius 1 is 1.08 bits per heavy atom. The SMILES string of the molecule is CCN(CC)CCOc1ccc2c(c1)CCNC2c1cccc(OC)c1. The molecule has 1 aliphatic rings. The highest BCUT2D eigenvalue weighted by Gasteiger charge is 2.22. The van der Waals surface area contributed by atoms with Gasteiger partial charge in [0, 0.05) is 13.1 Å². The molecule has 1 atom stereocenters. The molecule has 0 aliphatic carbocycles. The summed E-state index contributed by atoms with van der Waals surface area (Å²) in [5.74, 6) is 1.87. The Morgan fingerprint density at radius 2 is 1.92 bits per heavy atom. The molecule has 0 saturated carbocycles. The van der Waals surface area contributed by atoms with Gasteiger partial charge in [0.2, 0.25) is 0 Å². The van der Waals surface area contributed by atoms with Crippen molar-refractivity contribution in [3.63, 3.8) is 0 Å². The minimum atomic E-state index is 0.207. The molecule has 2 aromatic carbocycles. The minimum Gasteiger partial charge on any atom is -0.497 e. The summed E-state index contributed by atoms with van der Waals surface area (Å²) in [7, 11) is 1.71. The summed E-state index contributed by atoms with van der Waals surface area (Å²) >= 11 is 0. The molecule has 1 heterocycles. The molecule has 0 bridgehead atoms. The van der Waals surface area contributed by atoms with E-state index in [9.17, 15) is 0 Å². The number of hydrogen-bond acceptors (Lipinski definition) is 4. The molecule has 2 aromatic rings. The van der Waals surface area contributed by atoms with Crippen LogP contribution in [-0.4, -0.2) is 44.8 Å². The number of nitrogens with one attached hydrogen (secondary N) is 1. The molecule has 0 radical (unpaired) electrons. The van der Waals surface area contributed by atoms with Crippen LogP contribution in [0.4, 0.5) is 0 Å². The van der Waals surface area contributed by atoms with Crippen LogP contribution >= 0.6 is 0 Å². The number of likely N-dealkylation sites (N-methyl/N-ethyl adjacent to an activating group) is 1. The zero-order valence-electron chi connectivity index (χ0n) is 16.1. The predicted molar refractivity (Wildman–Crippen MR) is 106 cm³/mol. The third kappa shape index (κ3) is 4.37. The summed E-state index contributed by atoms with van der Waals surface area (Å²) in [5, 5.41) is 3.63. The number of rotatable bonds is 8. The van der Waals surface area contributed by atoms with Gasteiger partial charge in [-0.25, -0.2) is 0 Å². The van der Waals surface area contributed by atoms with Crippen molar-refractivity contribution in [2.45, 2.75) is 26.3 Å². The highest BCUT2D eigenvalue weighted by atomic mass is 16.5. The van der Waals surface area contributed by atoms with Crippen molar-refractivity contribution in [2.75, 3.05) is 39.9 Å². The van der Waals surface area contributed by atoms with Gasteiger partial charge >= 0.3 is 0 Å². The number of hydrogen-bond donors (Lipinski definition) is 1. The highest BCUT2D eigenvalue weighted by Crippen LogP contribution is 2.32. The first-order chi connectivity index (χ1) is 12.7. The molecule has 26 heavy (non-hydrogen) atoms. The monoisotopic (exact) mass is 354 g/mol. The van der Waals surface area contributed by atoms with E-state index in [0.29, 0.717) is 0 Å². The number of methoxy groups -OCH3 is 1. The summed E-state index contributed by atoms with van der Waals surface area (Å²) < 4.78 is 11.4. The Bertz CT molecular complexity index is 713. The van der Waals surface area contributed by atoms with Gasteiger partial charge in [0.15, 0.2) is 0 Å². The Hall–Kier alpha value is -2.04. The zero-order valence-corrected chi connectivity index (χ0v) is 16.1. The molecule has 0 aromatic heterocycles. The van der Waals surface area contributed by atoms with E-state index in [1.165, 1.54) is 16.7 Å². The fourth-order valence-corrected chi connectivity index (χ4v) is 3.58. The standard InChI is InChI=1S/C22H30N2O2/c1-4-24(5-2)13-14-26-20-9-10-21-17(15-20)11-12-23-22(21)18-7-6-8-19(16-18)25-3/h6-10,15-16,22-23H,4-5,11-14H2,1-3H3. The first-order valence-corrected chi connectivity index (χ1v) is 9.60. The molecule has 4 heteroatoms. The molecule has 1 aliphatic heterocycles. The van der Waals surface area contributed by atoms with Crippen LogP contribution in [0, 0.1) is 0 Å². The van der Waals surface area contributed by atoms with Crippen LogP contribution in [0.1, 0.15) is 36.6 Å². The molecule has 4 nitrogen and oxygen atoms in total. The van der Waals surface area contributed by atoms with E-state index in [1.54, 1.807) is 7.11 Å². The van der Waals surface area contributed by atoms with Gasteiger partial charge < -0.3 is 19.7 Å². The van der Waals surface area contributed by atoms with Crippen LogP contribution in [0.5, 0.6) is 11.5 Å². The zero-order chi connectivity index (χ0) is 18.4. The van der Waals surface area contributed by atoms with Gasteiger partial charge in [-0.1, -0.05) is 32.0 Å². The topological polar surface area (TPSA) is 33.7 Å². The second-order valence-electron chi connectivity index (χ2n) is 6.65. The van der Waals surface area contributed by atoms with Crippen molar-refractivity contribution in [3.05, 3.63) is 59.2 Å². The van der Waals surface area contributed by atoms with Crippen LogP contribution in [0.2, 0.25) is 0 Å². The van der Waals surface area contributed by atoms with Crippen molar-refractivity contribution < 1.29 is 9.47 Å². The Kier molecular flexibility index (Phi) is 6.53. The molecule has 1 unspecified atom stereocenters. The smallest absolute Gasteiger partial charge is 0.119 e. The number of nitrogens with zero attached hydrogens (tertiary/aromatic N) is 1. The molecule has 0 fully saturated rings. The highest BCUT2D eigenvalue weighted by molar-refractivity contribution is 5.45. The maximum Gasteiger partial charge on any atom is 0.119 e. The van der Waals surface area contributed by atoms with E-state index in [4.69, 9.17) is 9.47 Å². The first-order valence-electron chi connectivity index (χ1n) is 9.60. The fourth-order valence-electron chi connectivity index (χ4n) is 3.58. The fraction of sp³-hybridized carbons (Fsp3) is 0.455. The molecule has 0 amide bonds. The Morgan fingerprint density at radius 3 is 2.69 bits per heavy atom. The third-order valence-electron chi connectivity index (χ3n) is 5.17. The predicted octanol–water partition coefficient (Wildman–Crippen LogP) is 3.65. The van der Waals surface area contributed by atoms with E-state index < -0.39 is 0 Å². The number of benzene rings is 2. The van der Waals surface area contributed by atoms with Crippen LogP contribution < -0.4 is 14.8 Å². The average molecular weight is 354 g/mol. The van der Waals surface area contributed by atoms with Crippen molar-refractivity contribution >= 4 is 0 Å². The van der Waals surface area contributed by atoms with E-state index >= 15 is 0 Å². The molecular formula is C22H30N2O2. The summed E-state index contributed by atoms with van der Waals surface area (Å²) in [4.78, 5) is 2.38. The van der Waals surface area contributed by atoms with Crippen molar-refractivity contribution in [1.82, 2.24) is 10.2 Å². The van der Waals surface area contributed by atoms with Crippen LogP contribution in [0.25, 0.3) is 0 Å². The largest absolute Gasteiger partial charge is 0.497 e. The van der Waals surface area contributed by atoms with Gasteiger partial charge in [-0.15, -0.1) is 0 Å². The molecule has 140 valence electrons. The molecule has 0 spiro atoms. The van der Waals surface area contributed by atoms with E-state index in [-0.39, 0.29) is 6.04 Å². The van der Waals surface area contributed by atoms with Crippen molar-refractivity contribution in [1.29, 1.82) is 0 Å². The normalized spacial score (nSPS) is 16.4. The summed E-state index contributed by atoms with van der Waals surface area (Å²) in [6.45, 7) is 9.19. The number of fused-ring (bicyclic) bond motifs is 1.